The van der Waals surface area contributed by atoms with Crippen molar-refractivity contribution in [1.82, 2.24) is 20.1 Å². The number of benzene rings is 1. The fourth-order valence-electron chi connectivity index (χ4n) is 2.58. The minimum atomic E-state index is -0.103. The first-order chi connectivity index (χ1) is 13.0. The number of anilines is 4. The van der Waals surface area contributed by atoms with E-state index < -0.39 is 0 Å². The second kappa shape index (κ2) is 6.68. The van der Waals surface area contributed by atoms with Crippen LogP contribution in [-0.2, 0) is 5.41 Å². The smallest absolute Gasteiger partial charge is 0.229 e. The van der Waals surface area contributed by atoms with E-state index in [0.717, 1.165) is 22.4 Å². The summed E-state index contributed by atoms with van der Waals surface area (Å²) in [6, 6.07) is 13.6. The summed E-state index contributed by atoms with van der Waals surface area (Å²) < 4.78 is 5.39. The van der Waals surface area contributed by atoms with Gasteiger partial charge >= 0.3 is 0 Å². The Bertz CT molecular complexity index is 1080. The molecule has 0 bridgehead atoms. The molecular formula is C20H20N6O. The zero-order chi connectivity index (χ0) is 18.9. The van der Waals surface area contributed by atoms with Crippen LogP contribution in [0.25, 0.3) is 10.9 Å². The number of hydrogen-bond donors (Lipinski definition) is 2. The molecule has 0 aliphatic rings. The lowest BCUT2D eigenvalue weighted by atomic mass is 9.93. The number of para-hydroxylation sites is 1. The second-order valence-corrected chi connectivity index (χ2v) is 7.26. The number of fused-ring (bicyclic) bond motifs is 1. The third-order valence-electron chi connectivity index (χ3n) is 4.01. The first-order valence-electron chi connectivity index (χ1n) is 8.66. The molecule has 0 aliphatic heterocycles. The van der Waals surface area contributed by atoms with Gasteiger partial charge in [0.1, 0.15) is 11.6 Å². The van der Waals surface area contributed by atoms with E-state index in [0.29, 0.717) is 17.6 Å². The maximum Gasteiger partial charge on any atom is 0.229 e. The van der Waals surface area contributed by atoms with Gasteiger partial charge in [-0.25, -0.2) is 4.98 Å². The number of nitrogens with zero attached hydrogens (tertiary/aromatic N) is 4. The van der Waals surface area contributed by atoms with Gasteiger partial charge in [0.15, 0.2) is 5.82 Å². The zero-order valence-electron chi connectivity index (χ0n) is 15.4. The van der Waals surface area contributed by atoms with Gasteiger partial charge in [-0.05, 0) is 18.2 Å². The molecule has 27 heavy (non-hydrogen) atoms. The van der Waals surface area contributed by atoms with Crippen LogP contribution < -0.4 is 10.6 Å². The van der Waals surface area contributed by atoms with Crippen LogP contribution in [-0.4, -0.2) is 20.1 Å². The van der Waals surface area contributed by atoms with E-state index in [2.05, 4.69) is 51.5 Å². The highest BCUT2D eigenvalue weighted by atomic mass is 16.5. The van der Waals surface area contributed by atoms with Crippen molar-refractivity contribution in [3.8, 4) is 0 Å². The molecule has 0 aliphatic carbocycles. The molecule has 0 saturated heterocycles. The maximum atomic E-state index is 5.39. The summed E-state index contributed by atoms with van der Waals surface area (Å²) in [5.41, 5.74) is 1.66. The van der Waals surface area contributed by atoms with Crippen LogP contribution in [0.15, 0.2) is 59.4 Å². The maximum absolute atomic E-state index is 5.39. The largest absolute Gasteiger partial charge is 0.359 e. The Kier molecular flexibility index (Phi) is 4.19. The number of rotatable bonds is 4. The summed E-state index contributed by atoms with van der Waals surface area (Å²) in [5, 5.41) is 11.4. The molecule has 0 spiro atoms. The lowest BCUT2D eigenvalue weighted by Gasteiger charge is -2.12. The first-order valence-corrected chi connectivity index (χ1v) is 8.66. The summed E-state index contributed by atoms with van der Waals surface area (Å²) >= 11 is 0. The van der Waals surface area contributed by atoms with Gasteiger partial charge in [-0.15, -0.1) is 0 Å². The minimum absolute atomic E-state index is 0.103. The highest BCUT2D eigenvalue weighted by Crippen LogP contribution is 2.26. The van der Waals surface area contributed by atoms with Gasteiger partial charge in [0.25, 0.3) is 0 Å². The molecule has 136 valence electrons. The third kappa shape index (κ3) is 3.87. The van der Waals surface area contributed by atoms with E-state index in [-0.39, 0.29) is 5.41 Å². The van der Waals surface area contributed by atoms with Crippen LogP contribution in [0.1, 0.15) is 26.5 Å². The number of aromatic nitrogens is 4. The Hall–Kier alpha value is -3.48. The van der Waals surface area contributed by atoms with Crippen molar-refractivity contribution in [3.63, 3.8) is 0 Å². The monoisotopic (exact) mass is 360 g/mol. The van der Waals surface area contributed by atoms with Gasteiger partial charge < -0.3 is 15.2 Å². The van der Waals surface area contributed by atoms with E-state index in [1.807, 2.05) is 36.4 Å². The molecule has 1 aromatic carbocycles. The van der Waals surface area contributed by atoms with Gasteiger partial charge in [0, 0.05) is 23.1 Å². The molecule has 3 heterocycles. The SMILES string of the molecule is CC(C)(C)c1cc(Nc2ccnc(Nc3cnc4ccccc4c3)n2)no1. The number of nitrogens with one attached hydrogen (secondary N) is 2. The van der Waals surface area contributed by atoms with Crippen molar-refractivity contribution in [3.05, 3.63) is 60.6 Å². The Labute approximate surface area is 156 Å². The molecule has 7 nitrogen and oxygen atoms in total. The summed E-state index contributed by atoms with van der Waals surface area (Å²) in [5.74, 6) is 2.50. The van der Waals surface area contributed by atoms with Crippen LogP contribution in [0, 0.1) is 0 Å². The molecule has 4 aromatic rings. The van der Waals surface area contributed by atoms with Crippen LogP contribution in [0.4, 0.5) is 23.3 Å². The lowest BCUT2D eigenvalue weighted by molar-refractivity contribution is 0.331. The van der Waals surface area contributed by atoms with Gasteiger partial charge in [-0.2, -0.15) is 4.98 Å². The van der Waals surface area contributed by atoms with Crippen LogP contribution >= 0.6 is 0 Å². The molecule has 3 aromatic heterocycles. The van der Waals surface area contributed by atoms with Crippen LogP contribution in [0.2, 0.25) is 0 Å². The Morgan fingerprint density at radius 2 is 1.78 bits per heavy atom. The molecule has 7 heteroatoms. The van der Waals surface area contributed by atoms with Crippen molar-refractivity contribution in [2.45, 2.75) is 26.2 Å². The molecular weight excluding hydrogens is 340 g/mol. The van der Waals surface area contributed by atoms with E-state index in [1.54, 1.807) is 18.5 Å². The van der Waals surface area contributed by atoms with Crippen LogP contribution in [0.5, 0.6) is 0 Å². The topological polar surface area (TPSA) is 88.8 Å². The number of hydrogen-bond acceptors (Lipinski definition) is 7. The molecule has 2 N–H and O–H groups in total. The van der Waals surface area contributed by atoms with E-state index >= 15 is 0 Å². The highest BCUT2D eigenvalue weighted by Gasteiger charge is 2.19. The standard InChI is InChI=1S/C20H20N6O/c1-20(2,3)16-11-18(26-27-16)24-17-8-9-21-19(25-17)23-14-10-13-6-4-5-7-15(13)22-12-14/h4-12H,1-3H3,(H2,21,23,24,25,26). The van der Waals surface area contributed by atoms with Gasteiger partial charge in [-0.1, -0.05) is 44.1 Å². The van der Waals surface area contributed by atoms with Gasteiger partial charge in [0.2, 0.25) is 5.95 Å². The van der Waals surface area contributed by atoms with Crippen molar-refractivity contribution < 1.29 is 4.52 Å². The summed E-state index contributed by atoms with van der Waals surface area (Å²) in [7, 11) is 0. The Morgan fingerprint density at radius 3 is 2.59 bits per heavy atom. The van der Waals surface area contributed by atoms with Crippen molar-refractivity contribution in [1.29, 1.82) is 0 Å². The van der Waals surface area contributed by atoms with Crippen molar-refractivity contribution >= 4 is 34.2 Å². The van der Waals surface area contributed by atoms with E-state index in [1.165, 1.54) is 0 Å². The lowest BCUT2D eigenvalue weighted by Crippen LogP contribution is -2.09. The third-order valence-corrected chi connectivity index (χ3v) is 4.01. The minimum Gasteiger partial charge on any atom is -0.359 e. The molecule has 0 amide bonds. The zero-order valence-corrected chi connectivity index (χ0v) is 15.4. The molecule has 0 unspecified atom stereocenters. The van der Waals surface area contributed by atoms with Gasteiger partial charge in [-0.3, -0.25) is 4.98 Å². The average Bonchev–Trinajstić information content (AvgIpc) is 3.11. The predicted molar refractivity (Wildman–Crippen MR) is 106 cm³/mol. The van der Waals surface area contributed by atoms with Crippen LogP contribution in [0.3, 0.4) is 0 Å². The summed E-state index contributed by atoms with van der Waals surface area (Å²) in [6.07, 6.45) is 3.44. The van der Waals surface area contributed by atoms with Crippen molar-refractivity contribution in [2.75, 3.05) is 10.6 Å². The predicted octanol–water partition coefficient (Wildman–Crippen LogP) is 4.80. The van der Waals surface area contributed by atoms with Gasteiger partial charge in [0.05, 0.1) is 17.4 Å². The summed E-state index contributed by atoms with van der Waals surface area (Å²) in [6.45, 7) is 6.21. The quantitative estimate of drug-likeness (QED) is 0.540. The fourth-order valence-corrected chi connectivity index (χ4v) is 2.58. The molecule has 0 atom stereocenters. The normalized spacial score (nSPS) is 11.5. The average molecular weight is 360 g/mol. The summed E-state index contributed by atoms with van der Waals surface area (Å²) in [4.78, 5) is 13.2. The first kappa shape index (κ1) is 17.0. The molecule has 0 fully saturated rings. The van der Waals surface area contributed by atoms with Crippen molar-refractivity contribution in [2.24, 2.45) is 0 Å². The molecule has 0 radical (unpaired) electrons. The highest BCUT2D eigenvalue weighted by molar-refractivity contribution is 5.82. The molecule has 0 saturated carbocycles. The Morgan fingerprint density at radius 1 is 0.926 bits per heavy atom. The van der Waals surface area contributed by atoms with E-state index in [9.17, 15) is 0 Å². The Balaban J connectivity index is 1.52. The molecule has 4 rings (SSSR count). The fraction of sp³-hybridized carbons (Fsp3) is 0.200. The van der Waals surface area contributed by atoms with E-state index in [4.69, 9.17) is 4.52 Å². The number of pyridine rings is 1. The second-order valence-electron chi connectivity index (χ2n) is 7.26.